The molecule has 0 amide bonds. The predicted molar refractivity (Wildman–Crippen MR) is 106 cm³/mol. The summed E-state index contributed by atoms with van der Waals surface area (Å²) in [7, 11) is 0. The van der Waals surface area contributed by atoms with Crippen LogP contribution in [-0.4, -0.2) is 37.8 Å². The van der Waals surface area contributed by atoms with Gasteiger partial charge in [-0.15, -0.1) is 0 Å². The first-order valence-corrected chi connectivity index (χ1v) is 9.67. The Hall–Kier alpha value is -2.80. The standard InChI is InChI=1S/C21H24FN5O/c1-3-9-23-21-24-10-8-16(25-21)20-19(14-4-6-15(22)7-5-14)26-18-11-13(2)17(12-28)27(18)20/h4-8,10,13,17,28H,3,9,11-12H2,1-2H3,(H,23,24,25)/t13-,17-/m1/s1. The summed E-state index contributed by atoms with van der Waals surface area (Å²) < 4.78 is 15.5. The van der Waals surface area contributed by atoms with Gasteiger partial charge in [-0.05, 0) is 42.7 Å². The normalized spacial score (nSPS) is 18.3. The Kier molecular flexibility index (Phi) is 5.09. The zero-order chi connectivity index (χ0) is 19.7. The molecular weight excluding hydrogens is 357 g/mol. The molecule has 0 spiro atoms. The summed E-state index contributed by atoms with van der Waals surface area (Å²) in [4.78, 5) is 13.8. The van der Waals surface area contributed by atoms with E-state index in [9.17, 15) is 9.50 Å². The largest absolute Gasteiger partial charge is 0.394 e. The Morgan fingerprint density at radius 2 is 2.00 bits per heavy atom. The minimum atomic E-state index is -0.285. The van der Waals surface area contributed by atoms with Gasteiger partial charge in [-0.1, -0.05) is 13.8 Å². The number of imidazole rings is 1. The van der Waals surface area contributed by atoms with E-state index in [1.807, 2.05) is 6.07 Å². The van der Waals surface area contributed by atoms with Crippen molar-refractivity contribution in [2.75, 3.05) is 18.5 Å². The molecule has 0 saturated heterocycles. The highest BCUT2D eigenvalue weighted by Gasteiger charge is 2.35. The van der Waals surface area contributed by atoms with Crippen LogP contribution in [0.15, 0.2) is 36.5 Å². The molecule has 0 bridgehead atoms. The summed E-state index contributed by atoms with van der Waals surface area (Å²) in [6.45, 7) is 5.02. The summed E-state index contributed by atoms with van der Waals surface area (Å²) in [5.74, 6) is 1.48. The third-order valence-corrected chi connectivity index (χ3v) is 5.21. The number of benzene rings is 1. The summed E-state index contributed by atoms with van der Waals surface area (Å²) in [6.07, 6.45) is 3.48. The van der Waals surface area contributed by atoms with Crippen molar-refractivity contribution in [3.63, 3.8) is 0 Å². The molecule has 28 heavy (non-hydrogen) atoms. The van der Waals surface area contributed by atoms with Crippen LogP contribution in [0.25, 0.3) is 22.6 Å². The molecule has 0 radical (unpaired) electrons. The van der Waals surface area contributed by atoms with Gasteiger partial charge < -0.3 is 15.0 Å². The molecule has 0 unspecified atom stereocenters. The predicted octanol–water partition coefficient (Wildman–Crippen LogP) is 3.69. The fraction of sp³-hybridized carbons (Fsp3) is 0.381. The highest BCUT2D eigenvalue weighted by Crippen LogP contribution is 2.41. The first kappa shape index (κ1) is 18.6. The molecular formula is C21H24FN5O. The molecule has 3 aromatic rings. The smallest absolute Gasteiger partial charge is 0.223 e. The highest BCUT2D eigenvalue weighted by atomic mass is 19.1. The van der Waals surface area contributed by atoms with Crippen LogP contribution < -0.4 is 5.32 Å². The summed E-state index contributed by atoms with van der Waals surface area (Å²) in [5, 5.41) is 13.2. The number of aliphatic hydroxyl groups is 1. The number of nitrogens with zero attached hydrogens (tertiary/aromatic N) is 4. The van der Waals surface area contributed by atoms with E-state index in [0.717, 1.165) is 47.9 Å². The van der Waals surface area contributed by atoms with Gasteiger partial charge in [0.25, 0.3) is 0 Å². The van der Waals surface area contributed by atoms with Crippen LogP contribution in [0, 0.1) is 11.7 Å². The maximum Gasteiger partial charge on any atom is 0.223 e. The van der Waals surface area contributed by atoms with Crippen molar-refractivity contribution in [1.82, 2.24) is 19.5 Å². The first-order chi connectivity index (χ1) is 13.6. The average molecular weight is 381 g/mol. The quantitative estimate of drug-likeness (QED) is 0.681. The van der Waals surface area contributed by atoms with Crippen molar-refractivity contribution in [2.24, 2.45) is 5.92 Å². The minimum absolute atomic E-state index is 0.0341. The number of hydrogen-bond acceptors (Lipinski definition) is 5. The molecule has 0 aliphatic carbocycles. The molecule has 7 heteroatoms. The minimum Gasteiger partial charge on any atom is -0.394 e. The van der Waals surface area contributed by atoms with E-state index < -0.39 is 0 Å². The zero-order valence-electron chi connectivity index (χ0n) is 16.1. The fourth-order valence-electron chi connectivity index (χ4n) is 3.79. The van der Waals surface area contributed by atoms with Crippen molar-refractivity contribution in [1.29, 1.82) is 0 Å². The van der Waals surface area contributed by atoms with Gasteiger partial charge >= 0.3 is 0 Å². The molecule has 3 heterocycles. The number of hydrogen-bond donors (Lipinski definition) is 2. The van der Waals surface area contributed by atoms with Gasteiger partial charge in [0.15, 0.2) is 0 Å². The molecule has 0 fully saturated rings. The second-order valence-electron chi connectivity index (χ2n) is 7.23. The number of rotatable bonds is 6. The summed E-state index contributed by atoms with van der Waals surface area (Å²) in [5.41, 5.74) is 3.15. The summed E-state index contributed by atoms with van der Waals surface area (Å²) in [6, 6.07) is 8.12. The maximum atomic E-state index is 13.4. The van der Waals surface area contributed by atoms with Crippen molar-refractivity contribution in [2.45, 2.75) is 32.7 Å². The van der Waals surface area contributed by atoms with Gasteiger partial charge in [0, 0.05) is 24.7 Å². The molecule has 1 aliphatic rings. The average Bonchev–Trinajstić information content (AvgIpc) is 3.21. The van der Waals surface area contributed by atoms with Crippen LogP contribution in [0.5, 0.6) is 0 Å². The lowest BCUT2D eigenvalue weighted by atomic mass is 10.0. The van der Waals surface area contributed by atoms with Crippen LogP contribution in [0.2, 0.25) is 0 Å². The fourth-order valence-corrected chi connectivity index (χ4v) is 3.79. The Bertz CT molecular complexity index is 969. The molecule has 2 aromatic heterocycles. The Morgan fingerprint density at radius 3 is 2.71 bits per heavy atom. The zero-order valence-corrected chi connectivity index (χ0v) is 16.1. The van der Waals surface area contributed by atoms with Crippen LogP contribution in [0.3, 0.4) is 0 Å². The van der Waals surface area contributed by atoms with Gasteiger partial charge in [-0.25, -0.2) is 19.3 Å². The Labute approximate surface area is 163 Å². The number of fused-ring (bicyclic) bond motifs is 1. The monoisotopic (exact) mass is 381 g/mol. The molecule has 0 saturated carbocycles. The van der Waals surface area contributed by atoms with Crippen molar-refractivity contribution >= 4 is 5.95 Å². The molecule has 6 nitrogen and oxygen atoms in total. The molecule has 4 rings (SSSR count). The first-order valence-electron chi connectivity index (χ1n) is 9.67. The lowest BCUT2D eigenvalue weighted by Gasteiger charge is -2.19. The van der Waals surface area contributed by atoms with Gasteiger partial charge in [0.1, 0.15) is 11.6 Å². The van der Waals surface area contributed by atoms with E-state index in [-0.39, 0.29) is 24.4 Å². The van der Waals surface area contributed by atoms with E-state index in [1.54, 1.807) is 18.3 Å². The molecule has 146 valence electrons. The van der Waals surface area contributed by atoms with Crippen molar-refractivity contribution < 1.29 is 9.50 Å². The highest BCUT2D eigenvalue weighted by molar-refractivity contribution is 5.78. The topological polar surface area (TPSA) is 75.9 Å². The molecule has 1 aromatic carbocycles. The number of aromatic nitrogens is 4. The SMILES string of the molecule is CCCNc1nccc(-c2c(-c3ccc(F)cc3)nc3n2[C@H](CO)[C@H](C)C3)n1. The van der Waals surface area contributed by atoms with Crippen LogP contribution in [0.4, 0.5) is 10.3 Å². The Balaban J connectivity index is 1.88. The lowest BCUT2D eigenvalue weighted by Crippen LogP contribution is -2.16. The number of halogens is 1. The second-order valence-corrected chi connectivity index (χ2v) is 7.23. The molecule has 1 aliphatic heterocycles. The van der Waals surface area contributed by atoms with E-state index in [1.165, 1.54) is 12.1 Å². The third kappa shape index (κ3) is 3.26. The van der Waals surface area contributed by atoms with Crippen LogP contribution in [-0.2, 0) is 6.42 Å². The van der Waals surface area contributed by atoms with E-state index >= 15 is 0 Å². The molecule has 2 N–H and O–H groups in total. The number of nitrogens with one attached hydrogen (secondary N) is 1. The van der Waals surface area contributed by atoms with Gasteiger partial charge in [0.05, 0.1) is 29.7 Å². The number of aliphatic hydroxyl groups excluding tert-OH is 1. The lowest BCUT2D eigenvalue weighted by molar-refractivity contribution is 0.206. The number of anilines is 1. The maximum absolute atomic E-state index is 13.4. The van der Waals surface area contributed by atoms with Crippen LogP contribution in [0.1, 0.15) is 32.1 Å². The Morgan fingerprint density at radius 1 is 1.21 bits per heavy atom. The van der Waals surface area contributed by atoms with E-state index in [0.29, 0.717) is 5.95 Å². The third-order valence-electron chi connectivity index (χ3n) is 5.21. The van der Waals surface area contributed by atoms with Gasteiger partial charge in [-0.3, -0.25) is 0 Å². The van der Waals surface area contributed by atoms with Crippen molar-refractivity contribution in [3.8, 4) is 22.6 Å². The summed E-state index contributed by atoms with van der Waals surface area (Å²) >= 11 is 0. The van der Waals surface area contributed by atoms with Crippen molar-refractivity contribution in [3.05, 3.63) is 48.2 Å². The van der Waals surface area contributed by atoms with Gasteiger partial charge in [-0.2, -0.15) is 0 Å². The second kappa shape index (κ2) is 7.67. The van der Waals surface area contributed by atoms with E-state index in [4.69, 9.17) is 4.98 Å². The van der Waals surface area contributed by atoms with Gasteiger partial charge in [0.2, 0.25) is 5.95 Å². The molecule has 2 atom stereocenters. The van der Waals surface area contributed by atoms with Crippen LogP contribution >= 0.6 is 0 Å². The van der Waals surface area contributed by atoms with E-state index in [2.05, 4.69) is 33.7 Å².